The maximum absolute atomic E-state index is 13.9. The van der Waals surface area contributed by atoms with E-state index in [4.69, 9.17) is 5.26 Å². The van der Waals surface area contributed by atoms with Crippen LogP contribution in [0.25, 0.3) is 0 Å². The zero-order valence-electron chi connectivity index (χ0n) is 14.7. The zero-order chi connectivity index (χ0) is 16.9. The molecule has 0 aliphatic heterocycles. The Balaban J connectivity index is 1.60. The van der Waals surface area contributed by atoms with Crippen molar-refractivity contribution in [2.45, 2.75) is 64.2 Å². The summed E-state index contributed by atoms with van der Waals surface area (Å²) >= 11 is 0. The molecule has 2 aliphatic rings. The lowest BCUT2D eigenvalue weighted by Crippen LogP contribution is -2.30. The van der Waals surface area contributed by atoms with Gasteiger partial charge in [0.2, 0.25) is 0 Å². The van der Waals surface area contributed by atoms with Crippen molar-refractivity contribution in [3.8, 4) is 6.07 Å². The molecule has 0 spiro atoms. The van der Waals surface area contributed by atoms with Gasteiger partial charge in [-0.05, 0) is 86.3 Å². The number of allylic oxidation sites excluding steroid dienone is 2. The minimum atomic E-state index is -0.359. The second-order valence-corrected chi connectivity index (χ2v) is 7.67. The Hall–Kier alpha value is -1.62. The maximum atomic E-state index is 13.9. The molecule has 1 aromatic rings. The van der Waals surface area contributed by atoms with E-state index in [0.29, 0.717) is 5.92 Å². The summed E-state index contributed by atoms with van der Waals surface area (Å²) in [5, 5.41) is 8.88. The van der Waals surface area contributed by atoms with E-state index in [9.17, 15) is 4.39 Å². The van der Waals surface area contributed by atoms with Gasteiger partial charge in [-0.3, -0.25) is 0 Å². The monoisotopic (exact) mass is 325 g/mol. The van der Waals surface area contributed by atoms with Crippen molar-refractivity contribution < 1.29 is 4.39 Å². The zero-order valence-corrected chi connectivity index (χ0v) is 14.7. The first kappa shape index (κ1) is 17.2. The molecule has 0 amide bonds. The molecule has 0 N–H and O–H groups in total. The average molecular weight is 325 g/mol. The van der Waals surface area contributed by atoms with Gasteiger partial charge in [-0.2, -0.15) is 5.26 Å². The van der Waals surface area contributed by atoms with Crippen LogP contribution in [-0.4, -0.2) is 0 Å². The highest BCUT2D eigenvalue weighted by molar-refractivity contribution is 5.35. The Morgan fingerprint density at radius 2 is 1.96 bits per heavy atom. The molecule has 0 saturated heterocycles. The normalized spacial score (nSPS) is 30.0. The van der Waals surface area contributed by atoms with Crippen molar-refractivity contribution >= 4 is 0 Å². The highest BCUT2D eigenvalue weighted by Crippen LogP contribution is 2.47. The smallest absolute Gasteiger partial charge is 0.141 e. The minimum Gasteiger partial charge on any atom is -0.206 e. The third kappa shape index (κ3) is 3.89. The molecular weight excluding hydrogens is 297 g/mol. The molecule has 0 bridgehead atoms. The van der Waals surface area contributed by atoms with Gasteiger partial charge in [-0.15, -0.1) is 0 Å². The molecule has 24 heavy (non-hydrogen) atoms. The van der Waals surface area contributed by atoms with Gasteiger partial charge in [-0.25, -0.2) is 4.39 Å². The summed E-state index contributed by atoms with van der Waals surface area (Å²) in [7, 11) is 0. The Morgan fingerprint density at radius 1 is 1.17 bits per heavy atom. The SMILES string of the molecule is CCCC=CC1CCC2CC(c3ccc(C#N)c(F)c3)CCC2C1. The van der Waals surface area contributed by atoms with Gasteiger partial charge in [0.15, 0.2) is 0 Å². The van der Waals surface area contributed by atoms with E-state index >= 15 is 0 Å². The first-order valence-electron chi connectivity index (χ1n) is 9.57. The topological polar surface area (TPSA) is 23.8 Å². The lowest BCUT2D eigenvalue weighted by atomic mass is 9.64. The number of unbranched alkanes of at least 4 members (excludes halogenated alkanes) is 1. The van der Waals surface area contributed by atoms with E-state index in [0.717, 1.165) is 29.7 Å². The van der Waals surface area contributed by atoms with Crippen LogP contribution < -0.4 is 0 Å². The quantitative estimate of drug-likeness (QED) is 0.591. The molecule has 2 saturated carbocycles. The van der Waals surface area contributed by atoms with Crippen molar-refractivity contribution in [1.82, 2.24) is 0 Å². The maximum Gasteiger partial charge on any atom is 0.141 e. The van der Waals surface area contributed by atoms with Gasteiger partial charge in [0.25, 0.3) is 0 Å². The second-order valence-electron chi connectivity index (χ2n) is 7.67. The summed E-state index contributed by atoms with van der Waals surface area (Å²) < 4.78 is 13.9. The minimum absolute atomic E-state index is 0.159. The Bertz CT molecular complexity index is 627. The number of hydrogen-bond acceptors (Lipinski definition) is 1. The predicted molar refractivity (Wildman–Crippen MR) is 96.1 cm³/mol. The Morgan fingerprint density at radius 3 is 2.71 bits per heavy atom. The highest BCUT2D eigenvalue weighted by Gasteiger charge is 2.35. The van der Waals surface area contributed by atoms with Gasteiger partial charge < -0.3 is 0 Å². The molecule has 0 heterocycles. The molecule has 0 radical (unpaired) electrons. The van der Waals surface area contributed by atoms with Gasteiger partial charge in [0.1, 0.15) is 11.9 Å². The van der Waals surface area contributed by atoms with E-state index in [-0.39, 0.29) is 11.4 Å². The van der Waals surface area contributed by atoms with Crippen molar-refractivity contribution in [1.29, 1.82) is 5.26 Å². The van der Waals surface area contributed by atoms with Crippen LogP contribution in [0.3, 0.4) is 0 Å². The van der Waals surface area contributed by atoms with E-state index in [1.165, 1.54) is 44.9 Å². The standard InChI is InChI=1S/C22H28FN/c1-2-3-4-5-16-6-7-18-13-19(9-8-17(18)12-16)20-10-11-21(15-24)22(23)14-20/h4-5,10-11,14,16-19H,2-3,6-9,12-13H2,1H3. The second kappa shape index (κ2) is 7.97. The van der Waals surface area contributed by atoms with Crippen LogP contribution in [0.1, 0.15) is 75.3 Å². The highest BCUT2D eigenvalue weighted by atomic mass is 19.1. The summed E-state index contributed by atoms with van der Waals surface area (Å²) in [6.07, 6.45) is 14.9. The van der Waals surface area contributed by atoms with Gasteiger partial charge in [-0.1, -0.05) is 31.6 Å². The summed E-state index contributed by atoms with van der Waals surface area (Å²) in [6, 6.07) is 7.12. The fraction of sp³-hybridized carbons (Fsp3) is 0.591. The third-order valence-corrected chi connectivity index (χ3v) is 6.10. The van der Waals surface area contributed by atoms with E-state index < -0.39 is 0 Å². The molecule has 1 aromatic carbocycles. The molecule has 128 valence electrons. The lowest BCUT2D eigenvalue weighted by molar-refractivity contribution is 0.133. The summed E-state index contributed by atoms with van der Waals surface area (Å²) in [4.78, 5) is 0. The average Bonchev–Trinajstić information content (AvgIpc) is 2.61. The van der Waals surface area contributed by atoms with Crippen LogP contribution in [0.2, 0.25) is 0 Å². The van der Waals surface area contributed by atoms with Gasteiger partial charge in [0.05, 0.1) is 5.56 Å². The molecule has 1 nitrogen and oxygen atoms in total. The summed E-state index contributed by atoms with van der Waals surface area (Å²) in [6.45, 7) is 2.23. The van der Waals surface area contributed by atoms with Gasteiger partial charge >= 0.3 is 0 Å². The van der Waals surface area contributed by atoms with E-state index in [1.807, 2.05) is 12.1 Å². The molecule has 4 atom stereocenters. The van der Waals surface area contributed by atoms with Gasteiger partial charge in [0, 0.05) is 0 Å². The molecule has 2 fully saturated rings. The van der Waals surface area contributed by atoms with Crippen molar-refractivity contribution in [3.05, 3.63) is 47.3 Å². The van der Waals surface area contributed by atoms with Crippen LogP contribution in [0, 0.1) is 34.9 Å². The van der Waals surface area contributed by atoms with Crippen LogP contribution in [0.5, 0.6) is 0 Å². The number of benzene rings is 1. The first-order chi connectivity index (χ1) is 11.7. The Labute approximate surface area is 145 Å². The lowest BCUT2D eigenvalue weighted by Gasteiger charge is -2.41. The number of fused-ring (bicyclic) bond motifs is 1. The third-order valence-electron chi connectivity index (χ3n) is 6.10. The molecule has 2 aliphatic carbocycles. The van der Waals surface area contributed by atoms with Crippen LogP contribution in [0.15, 0.2) is 30.4 Å². The van der Waals surface area contributed by atoms with Crippen molar-refractivity contribution in [2.75, 3.05) is 0 Å². The first-order valence-corrected chi connectivity index (χ1v) is 9.57. The van der Waals surface area contributed by atoms with Crippen LogP contribution >= 0.6 is 0 Å². The van der Waals surface area contributed by atoms with Crippen molar-refractivity contribution in [2.24, 2.45) is 17.8 Å². The number of nitriles is 1. The van der Waals surface area contributed by atoms with Crippen molar-refractivity contribution in [3.63, 3.8) is 0 Å². The fourth-order valence-corrected chi connectivity index (χ4v) is 4.73. The number of nitrogens with zero attached hydrogens (tertiary/aromatic N) is 1. The molecular formula is C22H28FN. The van der Waals surface area contributed by atoms with E-state index in [1.54, 1.807) is 12.1 Å². The number of halogens is 1. The van der Waals surface area contributed by atoms with E-state index in [2.05, 4.69) is 19.1 Å². The largest absolute Gasteiger partial charge is 0.206 e. The summed E-state index contributed by atoms with van der Waals surface area (Å²) in [5.74, 6) is 2.55. The molecule has 4 unspecified atom stereocenters. The molecule has 0 aromatic heterocycles. The predicted octanol–water partition coefficient (Wildman–Crippen LogP) is 6.35. The van der Waals surface area contributed by atoms with Crippen LogP contribution in [0.4, 0.5) is 4.39 Å². The Kier molecular flexibility index (Phi) is 5.72. The number of rotatable bonds is 4. The summed E-state index contributed by atoms with van der Waals surface area (Å²) in [5.41, 5.74) is 1.25. The van der Waals surface area contributed by atoms with Crippen LogP contribution in [-0.2, 0) is 0 Å². The molecule has 3 rings (SSSR count). The fourth-order valence-electron chi connectivity index (χ4n) is 4.73. The number of hydrogen-bond donors (Lipinski definition) is 0. The molecule has 2 heteroatoms.